The molecule has 162 valence electrons. The number of hydrogen-bond donors (Lipinski definition) is 1. The number of ether oxygens (including phenoxy) is 2. The molecular weight excluding hydrogens is 404 g/mol. The van der Waals surface area contributed by atoms with Gasteiger partial charge >= 0.3 is 11.9 Å². The average Bonchev–Trinajstić information content (AvgIpc) is 2.84. The molecule has 3 aromatic carbocycles. The van der Waals surface area contributed by atoms with Crippen molar-refractivity contribution in [3.63, 3.8) is 0 Å². The van der Waals surface area contributed by atoms with Crippen molar-refractivity contribution in [1.29, 1.82) is 0 Å². The minimum absolute atomic E-state index is 0.182. The van der Waals surface area contributed by atoms with E-state index in [1.165, 1.54) is 0 Å². The third-order valence-electron chi connectivity index (χ3n) is 4.89. The van der Waals surface area contributed by atoms with Crippen molar-refractivity contribution in [2.75, 3.05) is 6.61 Å². The van der Waals surface area contributed by atoms with Gasteiger partial charge in [0.2, 0.25) is 0 Å². The molecule has 0 amide bonds. The summed E-state index contributed by atoms with van der Waals surface area (Å²) in [6.07, 6.45) is 3.85. The zero-order valence-electron chi connectivity index (χ0n) is 17.6. The van der Waals surface area contributed by atoms with Gasteiger partial charge in [0.15, 0.2) is 0 Å². The Balaban J connectivity index is 1.59. The van der Waals surface area contributed by atoms with Crippen molar-refractivity contribution in [1.82, 2.24) is 0 Å². The molecule has 32 heavy (non-hydrogen) atoms. The standard InChI is InChI=1S/C27H24O5/c1-3-19-5-10-22(11-6-19)26(29)31-16-15-21-9-14-25(24(17-21)18-28)32-27(30)23-12-7-20(4-2)8-13-23/h3-14,17,28H,1-2,15-16,18H2. The molecule has 1 N–H and O–H groups in total. The fourth-order valence-corrected chi connectivity index (χ4v) is 3.03. The average molecular weight is 428 g/mol. The number of rotatable bonds is 9. The zero-order valence-corrected chi connectivity index (χ0v) is 17.6. The number of aliphatic hydroxyl groups is 1. The molecule has 0 saturated carbocycles. The van der Waals surface area contributed by atoms with Crippen molar-refractivity contribution >= 4 is 24.1 Å². The molecule has 0 radical (unpaired) electrons. The van der Waals surface area contributed by atoms with Crippen molar-refractivity contribution in [2.24, 2.45) is 0 Å². The Morgan fingerprint density at radius 1 is 0.812 bits per heavy atom. The Hall–Kier alpha value is -3.96. The van der Waals surface area contributed by atoms with Gasteiger partial charge in [0, 0.05) is 12.0 Å². The predicted molar refractivity (Wildman–Crippen MR) is 124 cm³/mol. The quantitative estimate of drug-likeness (QED) is 0.380. The predicted octanol–water partition coefficient (Wildman–Crippen LogP) is 5.08. The lowest BCUT2D eigenvalue weighted by Crippen LogP contribution is -2.11. The molecule has 3 aromatic rings. The molecule has 0 saturated heterocycles. The number of aliphatic hydroxyl groups excluding tert-OH is 1. The van der Waals surface area contributed by atoms with Crippen LogP contribution in [-0.2, 0) is 17.8 Å². The maximum atomic E-state index is 12.4. The first-order valence-electron chi connectivity index (χ1n) is 10.1. The summed E-state index contributed by atoms with van der Waals surface area (Å²) in [5.41, 5.74) is 4.01. The van der Waals surface area contributed by atoms with Gasteiger partial charge < -0.3 is 14.6 Å². The topological polar surface area (TPSA) is 72.8 Å². The van der Waals surface area contributed by atoms with E-state index >= 15 is 0 Å². The molecular formula is C27H24O5. The summed E-state index contributed by atoms with van der Waals surface area (Å²) in [4.78, 5) is 24.6. The van der Waals surface area contributed by atoms with Crippen LogP contribution >= 0.6 is 0 Å². The van der Waals surface area contributed by atoms with Crippen molar-refractivity contribution < 1.29 is 24.2 Å². The second kappa shape index (κ2) is 10.9. The van der Waals surface area contributed by atoms with Crippen LogP contribution in [0, 0.1) is 0 Å². The summed E-state index contributed by atoms with van der Waals surface area (Å²) in [5.74, 6) is -0.635. The van der Waals surface area contributed by atoms with Crippen LogP contribution in [0.4, 0.5) is 0 Å². The molecule has 0 bridgehead atoms. The van der Waals surface area contributed by atoms with Crippen molar-refractivity contribution in [3.8, 4) is 5.75 Å². The SMILES string of the molecule is C=Cc1ccc(C(=O)OCCc2ccc(OC(=O)c3ccc(C=C)cc3)c(CO)c2)cc1. The molecule has 0 aromatic heterocycles. The molecule has 0 atom stereocenters. The molecule has 0 unspecified atom stereocenters. The van der Waals surface area contributed by atoms with E-state index in [-0.39, 0.29) is 19.0 Å². The molecule has 3 rings (SSSR count). The summed E-state index contributed by atoms with van der Waals surface area (Å²) in [5, 5.41) is 9.70. The highest BCUT2D eigenvalue weighted by Crippen LogP contribution is 2.22. The van der Waals surface area contributed by atoms with Crippen LogP contribution in [0.15, 0.2) is 79.9 Å². The first-order chi connectivity index (χ1) is 15.5. The van der Waals surface area contributed by atoms with Gasteiger partial charge in [0.1, 0.15) is 5.75 Å². The second-order valence-electron chi connectivity index (χ2n) is 7.03. The molecule has 0 spiro atoms. The van der Waals surface area contributed by atoms with Crippen LogP contribution < -0.4 is 4.74 Å². The van der Waals surface area contributed by atoms with Gasteiger partial charge in [-0.3, -0.25) is 0 Å². The van der Waals surface area contributed by atoms with Gasteiger partial charge in [-0.05, 0) is 53.1 Å². The summed E-state index contributed by atoms with van der Waals surface area (Å²) < 4.78 is 10.8. The Morgan fingerprint density at radius 3 is 1.91 bits per heavy atom. The lowest BCUT2D eigenvalue weighted by molar-refractivity contribution is 0.0508. The summed E-state index contributed by atoms with van der Waals surface area (Å²) in [6, 6.07) is 19.0. The van der Waals surface area contributed by atoms with Crippen LogP contribution in [0.3, 0.4) is 0 Å². The normalized spacial score (nSPS) is 10.3. The number of hydrogen-bond acceptors (Lipinski definition) is 5. The second-order valence-corrected chi connectivity index (χ2v) is 7.03. The molecule has 0 fully saturated rings. The van der Waals surface area contributed by atoms with E-state index < -0.39 is 11.9 Å². The van der Waals surface area contributed by atoms with Crippen LogP contribution in [-0.4, -0.2) is 23.7 Å². The van der Waals surface area contributed by atoms with E-state index in [1.54, 1.807) is 78.9 Å². The van der Waals surface area contributed by atoms with E-state index in [2.05, 4.69) is 13.2 Å². The highest BCUT2D eigenvalue weighted by molar-refractivity contribution is 5.91. The van der Waals surface area contributed by atoms with Gasteiger partial charge in [0.25, 0.3) is 0 Å². The molecule has 0 aliphatic carbocycles. The van der Waals surface area contributed by atoms with Crippen LogP contribution in [0.5, 0.6) is 5.75 Å². The number of benzene rings is 3. The van der Waals surface area contributed by atoms with Gasteiger partial charge in [-0.15, -0.1) is 0 Å². The highest BCUT2D eigenvalue weighted by atomic mass is 16.5. The lowest BCUT2D eigenvalue weighted by atomic mass is 10.1. The number of esters is 2. The minimum Gasteiger partial charge on any atom is -0.462 e. The molecule has 5 nitrogen and oxygen atoms in total. The Labute approximate surface area is 187 Å². The van der Waals surface area contributed by atoms with Crippen molar-refractivity contribution in [2.45, 2.75) is 13.0 Å². The molecule has 5 heteroatoms. The van der Waals surface area contributed by atoms with E-state index in [4.69, 9.17) is 9.47 Å². The lowest BCUT2D eigenvalue weighted by Gasteiger charge is -2.11. The number of carbonyl (C=O) groups excluding carboxylic acids is 2. The Bertz CT molecular complexity index is 1110. The fourth-order valence-electron chi connectivity index (χ4n) is 3.03. The van der Waals surface area contributed by atoms with Gasteiger partial charge in [-0.1, -0.05) is 55.6 Å². The van der Waals surface area contributed by atoms with Crippen LogP contribution in [0.1, 0.15) is 43.0 Å². The summed E-state index contributed by atoms with van der Waals surface area (Å²) in [6.45, 7) is 7.26. The molecule has 0 aliphatic rings. The summed E-state index contributed by atoms with van der Waals surface area (Å²) in [7, 11) is 0. The van der Waals surface area contributed by atoms with Gasteiger partial charge in [0.05, 0.1) is 24.3 Å². The maximum absolute atomic E-state index is 12.4. The van der Waals surface area contributed by atoms with E-state index in [1.807, 2.05) is 0 Å². The monoisotopic (exact) mass is 428 g/mol. The van der Waals surface area contributed by atoms with E-state index in [0.717, 1.165) is 16.7 Å². The van der Waals surface area contributed by atoms with E-state index in [9.17, 15) is 14.7 Å². The van der Waals surface area contributed by atoms with Gasteiger partial charge in [-0.25, -0.2) is 9.59 Å². The van der Waals surface area contributed by atoms with Crippen LogP contribution in [0.2, 0.25) is 0 Å². The van der Waals surface area contributed by atoms with Crippen molar-refractivity contribution in [3.05, 3.63) is 113 Å². The maximum Gasteiger partial charge on any atom is 0.343 e. The minimum atomic E-state index is -0.514. The molecule has 0 heterocycles. The first kappa shape index (κ1) is 22.7. The Morgan fingerprint density at radius 2 is 1.38 bits per heavy atom. The number of carbonyl (C=O) groups is 2. The highest BCUT2D eigenvalue weighted by Gasteiger charge is 2.13. The Kier molecular flexibility index (Phi) is 7.73. The van der Waals surface area contributed by atoms with E-state index in [0.29, 0.717) is 23.1 Å². The first-order valence-corrected chi connectivity index (χ1v) is 10.1. The van der Waals surface area contributed by atoms with Gasteiger partial charge in [-0.2, -0.15) is 0 Å². The fraction of sp³-hybridized carbons (Fsp3) is 0.111. The smallest absolute Gasteiger partial charge is 0.343 e. The third kappa shape index (κ3) is 5.80. The molecule has 0 aliphatic heterocycles. The van der Waals surface area contributed by atoms with Crippen LogP contribution in [0.25, 0.3) is 12.2 Å². The zero-order chi connectivity index (χ0) is 22.9. The summed E-state index contributed by atoms with van der Waals surface area (Å²) >= 11 is 0. The largest absolute Gasteiger partial charge is 0.462 e. The third-order valence-corrected chi connectivity index (χ3v) is 4.89.